The van der Waals surface area contributed by atoms with Crippen LogP contribution >= 0.6 is 23.4 Å². The van der Waals surface area contributed by atoms with Crippen molar-refractivity contribution in [1.29, 1.82) is 0 Å². The molecule has 2 aromatic carbocycles. The number of methoxy groups -OCH3 is 2. The largest absolute Gasteiger partial charge is 0.495 e. The molecule has 92 heavy (non-hydrogen) atoms. The molecule has 1 aliphatic carbocycles. The zero-order valence-corrected chi connectivity index (χ0v) is 55.1. The summed E-state index contributed by atoms with van der Waals surface area (Å²) in [6.07, 6.45) is 8.99. The van der Waals surface area contributed by atoms with Crippen molar-refractivity contribution < 1.29 is 86.2 Å². The van der Waals surface area contributed by atoms with Crippen LogP contribution in [0, 0.1) is 5.92 Å². The van der Waals surface area contributed by atoms with E-state index < -0.39 is 113 Å². The van der Waals surface area contributed by atoms with Crippen molar-refractivity contribution in [2.24, 2.45) is 5.92 Å². The van der Waals surface area contributed by atoms with Gasteiger partial charge < -0.3 is 68.5 Å². The van der Waals surface area contributed by atoms with E-state index >= 15 is 0 Å². The van der Waals surface area contributed by atoms with Crippen LogP contribution in [0.25, 0.3) is 0 Å². The first-order valence-electron chi connectivity index (χ1n) is 30.3. The summed E-state index contributed by atoms with van der Waals surface area (Å²) in [5.41, 5.74) is -1.02. The molecule has 9 atom stereocenters. The van der Waals surface area contributed by atoms with Crippen LogP contribution in [-0.2, 0) is 60.7 Å². The molecule has 0 aromatic heterocycles. The number of fused-ring (bicyclic) bond motifs is 5. The standard InChI is InChI=1S/C64H83ClN8O18S/c1-38-17-16-20-49(86-10)64(84)36-48(89-60(81)68-64)39(2)56-63(4,91-56)50(35-54(77)72(8)45-33-42(31-38)34-47(85-9)55(45)65)90-58(79)40(3)71(7)51(74)25-30-92-62(83)70(6)29-28-69(5)61(82)87-37-41-21-22-46(88-59(80)67-43-18-14-12-11-13-15-19-43)44(32-41)57(78)66-26-27-73-52(75)23-24-53(73)76/h12,14,16-17,20-24,32-34,39-40,43,48-50,56,84H,11,13,15,18-19,25-31,35-37H2,1-10H3,(H,66,78)(H,67,80)(H,68,81). The first-order valence-corrected chi connectivity index (χ1v) is 31.7. The number of nitrogens with zero attached hydrogens (tertiary/aromatic N) is 5. The summed E-state index contributed by atoms with van der Waals surface area (Å²) < 4.78 is 40.6. The Kier molecular flexibility index (Phi) is 24.9. The van der Waals surface area contributed by atoms with Gasteiger partial charge in [0.2, 0.25) is 11.8 Å². The molecule has 0 saturated carbocycles. The van der Waals surface area contributed by atoms with Crippen molar-refractivity contribution in [2.75, 3.05) is 79.2 Å². The van der Waals surface area contributed by atoms with E-state index in [2.05, 4.69) is 22.0 Å². The number of alkyl carbamates (subject to hydrolysis) is 1. The Morgan fingerprint density at radius 3 is 2.42 bits per heavy atom. The van der Waals surface area contributed by atoms with Gasteiger partial charge in [0, 0.05) is 104 Å². The van der Waals surface area contributed by atoms with E-state index in [-0.39, 0.29) is 73.8 Å². The molecular formula is C64H83ClN8O18S. The minimum Gasteiger partial charge on any atom is -0.495 e. The van der Waals surface area contributed by atoms with E-state index in [1.54, 1.807) is 38.1 Å². The van der Waals surface area contributed by atoms with Crippen LogP contribution in [0.15, 0.2) is 78.4 Å². The van der Waals surface area contributed by atoms with Gasteiger partial charge in [-0.15, -0.1) is 0 Å². The molecular weight excluding hydrogens is 1240 g/mol. The van der Waals surface area contributed by atoms with Gasteiger partial charge in [-0.25, -0.2) is 19.2 Å². The number of carbonyl (C=O) groups excluding carboxylic acids is 10. The van der Waals surface area contributed by atoms with Gasteiger partial charge in [0.05, 0.1) is 30.9 Å². The number of thioether (sulfide) groups is 1. The maximum atomic E-state index is 14.4. The molecule has 4 heterocycles. The van der Waals surface area contributed by atoms with Crippen molar-refractivity contribution in [3.05, 3.63) is 100 Å². The molecule has 7 rings (SSSR count). The number of allylic oxidation sites excluding steroid dienone is 4. The summed E-state index contributed by atoms with van der Waals surface area (Å²) in [5, 5.41) is 19.7. The molecule has 4 N–H and O–H groups in total. The van der Waals surface area contributed by atoms with E-state index in [9.17, 15) is 53.1 Å². The van der Waals surface area contributed by atoms with Crippen LogP contribution in [0.3, 0.4) is 0 Å². The lowest BCUT2D eigenvalue weighted by Gasteiger charge is -2.42. The number of likely N-dealkylation sites (N-methyl/N-ethyl adjacent to an activating group) is 3. The third-order valence-corrected chi connectivity index (χ3v) is 18.3. The Labute approximate surface area is 544 Å². The lowest BCUT2D eigenvalue weighted by Crippen LogP contribution is -2.63. The van der Waals surface area contributed by atoms with Crippen molar-refractivity contribution in [3.8, 4) is 11.5 Å². The molecule has 28 heteroatoms. The van der Waals surface area contributed by atoms with Crippen LogP contribution in [0.5, 0.6) is 11.5 Å². The minimum atomic E-state index is -1.91. The number of imide groups is 1. The monoisotopic (exact) mass is 1320 g/mol. The van der Waals surface area contributed by atoms with Gasteiger partial charge in [0.15, 0.2) is 5.72 Å². The quantitative estimate of drug-likeness (QED) is 0.0379. The predicted molar refractivity (Wildman–Crippen MR) is 339 cm³/mol. The number of rotatable bonds is 19. The van der Waals surface area contributed by atoms with Gasteiger partial charge >= 0.3 is 24.2 Å². The van der Waals surface area contributed by atoms with Crippen molar-refractivity contribution >= 4 is 88.1 Å². The van der Waals surface area contributed by atoms with E-state index in [0.717, 1.165) is 65.6 Å². The molecule has 4 bridgehead atoms. The fourth-order valence-corrected chi connectivity index (χ4v) is 12.1. The smallest absolute Gasteiger partial charge is 0.412 e. The zero-order valence-electron chi connectivity index (χ0n) is 53.5. The molecule has 500 valence electrons. The summed E-state index contributed by atoms with van der Waals surface area (Å²) in [4.78, 5) is 139. The third-order valence-electron chi connectivity index (χ3n) is 16.9. The first-order chi connectivity index (χ1) is 43.7. The van der Waals surface area contributed by atoms with Gasteiger partial charge in [0.1, 0.15) is 53.1 Å². The number of carbonyl (C=O) groups is 10. The van der Waals surface area contributed by atoms with E-state index in [0.29, 0.717) is 29.8 Å². The van der Waals surface area contributed by atoms with Crippen molar-refractivity contribution in [2.45, 2.75) is 140 Å². The number of hydrogen-bond acceptors (Lipinski definition) is 19. The van der Waals surface area contributed by atoms with Gasteiger partial charge in [-0.2, -0.15) is 0 Å². The van der Waals surface area contributed by atoms with Gasteiger partial charge in [-0.3, -0.25) is 39.0 Å². The minimum absolute atomic E-state index is 0.0189. The average Bonchev–Trinajstić information content (AvgIpc) is 1.56. The highest BCUT2D eigenvalue weighted by atomic mass is 35.5. The van der Waals surface area contributed by atoms with Gasteiger partial charge in [-0.1, -0.05) is 78.7 Å². The maximum Gasteiger partial charge on any atom is 0.412 e. The predicted octanol–water partition coefficient (Wildman–Crippen LogP) is 6.59. The van der Waals surface area contributed by atoms with E-state index in [1.165, 1.54) is 87.1 Å². The molecule has 4 aliphatic heterocycles. The molecule has 2 fully saturated rings. The Morgan fingerprint density at radius 2 is 1.71 bits per heavy atom. The van der Waals surface area contributed by atoms with Crippen LogP contribution < -0.4 is 30.3 Å². The summed E-state index contributed by atoms with van der Waals surface area (Å²) >= 11 is 7.68. The Morgan fingerprint density at radius 1 is 0.978 bits per heavy atom. The molecule has 0 spiro atoms. The number of aliphatic hydroxyl groups is 1. The normalized spacial score (nSPS) is 24.3. The van der Waals surface area contributed by atoms with Crippen molar-refractivity contribution in [3.63, 3.8) is 0 Å². The number of anilines is 1. The number of nitrogens with one attached hydrogen (secondary N) is 3. The second-order valence-electron chi connectivity index (χ2n) is 23.6. The van der Waals surface area contributed by atoms with E-state index in [1.807, 2.05) is 19.1 Å². The number of halogens is 1. The molecule has 9 unspecified atom stereocenters. The fraction of sp³-hybridized carbons (Fsp3) is 0.531. The second-order valence-corrected chi connectivity index (χ2v) is 25.1. The highest BCUT2D eigenvalue weighted by Crippen LogP contribution is 2.49. The SMILES string of the molecule is COc1cc2cc(c1Cl)N(C)C(=O)CC(OC(=O)C(C)N(C)C(=O)CCSC(=O)N(C)CCN(C)C(=O)OCc1ccc(OC(=O)NC3CC=CCCCC3)c(C(=O)NCCN3C(=O)C=CC3=O)c1)C1(C)OC1C(C)C1CC(O)(NC(=O)O1)C(OC)C=CC=C(C)C2. The Bertz CT molecular complexity index is 3230. The number of benzene rings is 2. The Hall–Kier alpha value is -7.98. The summed E-state index contributed by atoms with van der Waals surface area (Å²) in [6, 6.07) is 6.45. The van der Waals surface area contributed by atoms with Crippen molar-refractivity contribution in [1.82, 2.24) is 35.6 Å². The highest BCUT2D eigenvalue weighted by molar-refractivity contribution is 8.13. The average molecular weight is 1320 g/mol. The van der Waals surface area contributed by atoms with Gasteiger partial charge in [-0.05, 0) is 88.3 Å². The summed E-state index contributed by atoms with van der Waals surface area (Å²) in [5.74, 6) is -3.98. The number of ether oxygens (including phenoxy) is 7. The van der Waals surface area contributed by atoms with Crippen LogP contribution in [0.1, 0.15) is 101 Å². The van der Waals surface area contributed by atoms with Crippen LogP contribution in [0.4, 0.5) is 24.9 Å². The lowest BCUT2D eigenvalue weighted by molar-refractivity contribution is -0.162. The molecule has 2 aromatic rings. The lowest BCUT2D eigenvalue weighted by atomic mass is 9.83. The zero-order chi connectivity index (χ0) is 67.2. The second kappa shape index (κ2) is 32.0. The third kappa shape index (κ3) is 18.4. The maximum absolute atomic E-state index is 14.4. The highest BCUT2D eigenvalue weighted by Gasteiger charge is 2.64. The number of epoxide rings is 1. The van der Waals surface area contributed by atoms with Crippen LogP contribution in [0.2, 0.25) is 5.02 Å². The molecule has 5 aliphatic rings. The van der Waals surface area contributed by atoms with Crippen LogP contribution in [-0.4, -0.2) is 206 Å². The Balaban J connectivity index is 0.927. The topological polar surface area (TPSA) is 311 Å². The first kappa shape index (κ1) is 71.5. The van der Waals surface area contributed by atoms with Gasteiger partial charge in [0.25, 0.3) is 23.0 Å². The van der Waals surface area contributed by atoms with E-state index in [4.69, 9.17) is 44.8 Å². The number of esters is 1. The fourth-order valence-electron chi connectivity index (χ4n) is 11.0. The molecule has 0 radical (unpaired) electrons. The molecule has 2 saturated heterocycles. The summed E-state index contributed by atoms with van der Waals surface area (Å²) in [6.45, 7) is 6.35. The number of amides is 9. The number of hydrogen-bond donors (Lipinski definition) is 4. The summed E-state index contributed by atoms with van der Waals surface area (Å²) in [7, 11) is 8.78. The molecule has 26 nitrogen and oxygen atoms in total. The molecule has 9 amide bonds.